The van der Waals surface area contributed by atoms with Crippen molar-refractivity contribution in [3.05, 3.63) is 58.8 Å². The van der Waals surface area contributed by atoms with Crippen molar-refractivity contribution < 1.29 is 10.2 Å². The largest absolute Gasteiger partial charge is 0.393 e. The zero-order chi connectivity index (χ0) is 24.1. The van der Waals surface area contributed by atoms with Crippen LogP contribution in [0.25, 0.3) is 16.5 Å². The molecule has 1 heterocycles. The van der Waals surface area contributed by atoms with Crippen LogP contribution in [0.1, 0.15) is 63.1 Å². The highest BCUT2D eigenvalue weighted by Crippen LogP contribution is 2.61. The molecule has 6 rings (SSSR count). The maximum Gasteiger partial charge on any atom is 0.0933 e. The van der Waals surface area contributed by atoms with Gasteiger partial charge < -0.3 is 15.5 Å². The molecule has 4 N–H and O–H groups in total. The monoisotopic (exact) mass is 461 g/mol. The number of hydrogen-bond acceptors (Lipinski definition) is 4. The minimum atomic E-state index is -0.784. The Balaban J connectivity index is 0.000000764. The number of aryl methyl sites for hydroxylation is 1. The first-order valence-corrected chi connectivity index (χ1v) is 12.9. The number of nitrogens with one attached hydrogen (secondary N) is 2. The van der Waals surface area contributed by atoms with Crippen molar-refractivity contribution in [2.75, 3.05) is 14.1 Å². The van der Waals surface area contributed by atoms with Crippen molar-refractivity contribution in [2.24, 2.45) is 17.3 Å². The standard InChI is InChI=1S/C27H32N2O2.C2H7N/c1-16-22-6-4-18(15-24(22)29-28-16)23-7-8-25-26(23,2)11-10-20-13-19-14-21(30)5-3-17(19)9-12-27(20,25)31;1-3-2/h4,6-7,10,13,15,17,21,25,30-31H,3,5,8-9,11-12,14H2,1-2H3,(H,28,29);3H,1-2H3/t17?,21?,25?,26?,27-;/m1./s1. The van der Waals surface area contributed by atoms with E-state index in [2.05, 4.69) is 65.8 Å². The third kappa shape index (κ3) is 3.69. The van der Waals surface area contributed by atoms with Crippen LogP contribution in [-0.4, -0.2) is 46.2 Å². The number of allylic oxidation sites excluding steroid dienone is 3. The molecular formula is C29H39N3O2. The van der Waals surface area contributed by atoms with Gasteiger partial charge in [0.2, 0.25) is 0 Å². The van der Waals surface area contributed by atoms with Crippen LogP contribution >= 0.6 is 0 Å². The first-order chi connectivity index (χ1) is 16.3. The van der Waals surface area contributed by atoms with Gasteiger partial charge in [-0.1, -0.05) is 42.9 Å². The summed E-state index contributed by atoms with van der Waals surface area (Å²) < 4.78 is 0. The van der Waals surface area contributed by atoms with Gasteiger partial charge in [0.15, 0.2) is 0 Å². The van der Waals surface area contributed by atoms with Gasteiger partial charge in [-0.3, -0.25) is 5.10 Å². The molecular weight excluding hydrogens is 422 g/mol. The fourth-order valence-corrected chi connectivity index (χ4v) is 7.07. The molecule has 34 heavy (non-hydrogen) atoms. The number of H-pyrrole nitrogens is 1. The molecule has 0 amide bonds. The Morgan fingerprint density at radius 2 is 1.94 bits per heavy atom. The second-order valence-corrected chi connectivity index (χ2v) is 11.1. The number of aliphatic hydroxyl groups excluding tert-OH is 1. The fourth-order valence-electron chi connectivity index (χ4n) is 7.07. The smallest absolute Gasteiger partial charge is 0.0933 e. The molecule has 0 radical (unpaired) electrons. The molecule has 4 unspecified atom stereocenters. The van der Waals surface area contributed by atoms with E-state index in [1.165, 1.54) is 22.1 Å². The number of aromatic amines is 1. The molecule has 0 bridgehead atoms. The van der Waals surface area contributed by atoms with E-state index < -0.39 is 5.60 Å². The third-order valence-electron chi connectivity index (χ3n) is 8.88. The normalized spacial score (nSPS) is 34.5. The van der Waals surface area contributed by atoms with Crippen LogP contribution in [0.5, 0.6) is 0 Å². The summed E-state index contributed by atoms with van der Waals surface area (Å²) in [6.45, 7) is 4.40. The van der Waals surface area contributed by atoms with Crippen molar-refractivity contribution in [3.63, 3.8) is 0 Å². The third-order valence-corrected chi connectivity index (χ3v) is 8.88. The first kappa shape index (κ1) is 23.5. The highest BCUT2D eigenvalue weighted by molar-refractivity contribution is 5.86. The molecule has 1 aromatic carbocycles. The van der Waals surface area contributed by atoms with Gasteiger partial charge in [0.25, 0.3) is 0 Å². The van der Waals surface area contributed by atoms with Gasteiger partial charge in [-0.25, -0.2) is 0 Å². The Labute approximate surface area is 203 Å². The van der Waals surface area contributed by atoms with Crippen LogP contribution in [-0.2, 0) is 0 Å². The highest BCUT2D eigenvalue weighted by atomic mass is 16.3. The lowest BCUT2D eigenvalue weighted by molar-refractivity contribution is -0.0330. The van der Waals surface area contributed by atoms with Crippen LogP contribution < -0.4 is 5.32 Å². The number of rotatable bonds is 1. The summed E-state index contributed by atoms with van der Waals surface area (Å²) in [6.07, 6.45) is 13.1. The van der Waals surface area contributed by atoms with Gasteiger partial charge in [-0.05, 0) is 94.7 Å². The molecule has 0 spiro atoms. The van der Waals surface area contributed by atoms with Gasteiger partial charge in [0.1, 0.15) is 0 Å². The van der Waals surface area contributed by atoms with Crippen molar-refractivity contribution in [3.8, 4) is 0 Å². The Morgan fingerprint density at radius 3 is 2.74 bits per heavy atom. The maximum atomic E-state index is 12.1. The quantitative estimate of drug-likeness (QED) is 0.479. The van der Waals surface area contributed by atoms with Crippen molar-refractivity contribution in [1.29, 1.82) is 0 Å². The highest BCUT2D eigenvalue weighted by Gasteiger charge is 2.55. The molecule has 2 aromatic rings. The summed E-state index contributed by atoms with van der Waals surface area (Å²) in [5, 5.41) is 33.8. The van der Waals surface area contributed by atoms with Crippen LogP contribution in [0.2, 0.25) is 0 Å². The van der Waals surface area contributed by atoms with E-state index in [9.17, 15) is 10.2 Å². The lowest BCUT2D eigenvalue weighted by Gasteiger charge is -2.48. The lowest BCUT2D eigenvalue weighted by atomic mass is 9.58. The number of benzene rings is 1. The Hall–Kier alpha value is -2.21. The molecule has 0 aliphatic heterocycles. The molecule has 5 nitrogen and oxygen atoms in total. The predicted octanol–water partition coefficient (Wildman–Crippen LogP) is 5.06. The van der Waals surface area contributed by atoms with Crippen molar-refractivity contribution >= 4 is 16.5 Å². The summed E-state index contributed by atoms with van der Waals surface area (Å²) in [7, 11) is 3.75. The Kier molecular flexibility index (Phi) is 6.07. The number of hydrogen-bond donors (Lipinski definition) is 4. The summed E-state index contributed by atoms with van der Waals surface area (Å²) in [6, 6.07) is 6.59. The molecule has 182 valence electrons. The van der Waals surface area contributed by atoms with E-state index >= 15 is 0 Å². The second-order valence-electron chi connectivity index (χ2n) is 11.1. The fraction of sp³-hybridized carbons (Fsp3) is 0.552. The van der Waals surface area contributed by atoms with Crippen LogP contribution in [0.3, 0.4) is 0 Å². The van der Waals surface area contributed by atoms with Gasteiger partial charge >= 0.3 is 0 Å². The molecule has 1 saturated carbocycles. The minimum absolute atomic E-state index is 0.0786. The van der Waals surface area contributed by atoms with E-state index in [-0.39, 0.29) is 17.4 Å². The summed E-state index contributed by atoms with van der Waals surface area (Å²) >= 11 is 0. The lowest BCUT2D eigenvalue weighted by Crippen LogP contribution is -2.48. The number of aliphatic hydroxyl groups is 2. The van der Waals surface area contributed by atoms with E-state index in [1.54, 1.807) is 0 Å². The van der Waals surface area contributed by atoms with E-state index in [0.29, 0.717) is 5.92 Å². The molecule has 4 aliphatic rings. The van der Waals surface area contributed by atoms with Gasteiger partial charge in [-0.15, -0.1) is 0 Å². The Morgan fingerprint density at radius 1 is 1.15 bits per heavy atom. The van der Waals surface area contributed by atoms with Crippen LogP contribution in [0, 0.1) is 24.2 Å². The Bertz CT molecular complexity index is 1180. The summed E-state index contributed by atoms with van der Waals surface area (Å²) in [5.74, 6) is 0.706. The average Bonchev–Trinajstić information content (AvgIpc) is 3.31. The van der Waals surface area contributed by atoms with E-state index in [1.807, 2.05) is 14.1 Å². The van der Waals surface area contributed by atoms with E-state index in [4.69, 9.17) is 0 Å². The summed E-state index contributed by atoms with van der Waals surface area (Å²) in [5.41, 5.74) is 6.30. The molecule has 5 heteroatoms. The average molecular weight is 462 g/mol. The zero-order valence-electron chi connectivity index (χ0n) is 21.0. The minimum Gasteiger partial charge on any atom is -0.393 e. The molecule has 4 aliphatic carbocycles. The SMILES string of the molecule is CNC.Cc1[nH]nc2cc(C3=CCC4C3(C)CC=C3C=C5CC(O)CCC5CC[C@@]34O)ccc12. The summed E-state index contributed by atoms with van der Waals surface area (Å²) in [4.78, 5) is 0. The number of fused-ring (bicyclic) bond motifs is 5. The zero-order valence-corrected chi connectivity index (χ0v) is 21.0. The van der Waals surface area contributed by atoms with Crippen LogP contribution in [0.4, 0.5) is 0 Å². The van der Waals surface area contributed by atoms with Crippen molar-refractivity contribution in [2.45, 2.75) is 70.5 Å². The maximum absolute atomic E-state index is 12.1. The number of aromatic nitrogens is 2. The van der Waals surface area contributed by atoms with Crippen LogP contribution in [0.15, 0.2) is 47.6 Å². The van der Waals surface area contributed by atoms with Crippen molar-refractivity contribution in [1.82, 2.24) is 15.5 Å². The van der Waals surface area contributed by atoms with Gasteiger partial charge in [0.05, 0.1) is 17.2 Å². The molecule has 1 aromatic heterocycles. The van der Waals surface area contributed by atoms with Gasteiger partial charge in [-0.2, -0.15) is 5.10 Å². The number of nitrogens with zero attached hydrogens (tertiary/aromatic N) is 1. The molecule has 1 fully saturated rings. The van der Waals surface area contributed by atoms with E-state index in [0.717, 1.165) is 61.7 Å². The van der Waals surface area contributed by atoms with Gasteiger partial charge in [0, 0.05) is 22.4 Å². The first-order valence-electron chi connectivity index (χ1n) is 12.9. The molecule has 5 atom stereocenters. The molecule has 0 saturated heterocycles. The second kappa shape index (κ2) is 8.78. The predicted molar refractivity (Wildman–Crippen MR) is 138 cm³/mol. The topological polar surface area (TPSA) is 81.2 Å².